The molecule has 0 aromatic heterocycles. The summed E-state index contributed by atoms with van der Waals surface area (Å²) in [6.45, 7) is 0. The quantitative estimate of drug-likeness (QED) is 0.802. The van der Waals surface area contributed by atoms with E-state index in [-0.39, 0.29) is 5.69 Å². The summed E-state index contributed by atoms with van der Waals surface area (Å²) in [5.41, 5.74) is 0.258. The van der Waals surface area contributed by atoms with Crippen LogP contribution in [0.1, 0.15) is 0 Å². The molecule has 1 heterocycles. The smallest absolute Gasteiger partial charge is 0.411 e. The third kappa shape index (κ3) is 2.93. The number of hydrogen-bond acceptors (Lipinski definition) is 5. The van der Waals surface area contributed by atoms with E-state index in [1.807, 2.05) is 0 Å². The molecule has 21 heavy (non-hydrogen) atoms. The Bertz CT molecular complexity index is 543. The van der Waals surface area contributed by atoms with E-state index in [2.05, 4.69) is 9.73 Å². The van der Waals surface area contributed by atoms with Crippen LogP contribution in [-0.2, 0) is 9.53 Å². The molecule has 1 aromatic rings. The summed E-state index contributed by atoms with van der Waals surface area (Å²) in [5.74, 6) is -0.507. The Balaban J connectivity index is 2.33. The first kappa shape index (κ1) is 15.1. The number of carbonyl (C=O) groups is 1. The maximum absolute atomic E-state index is 13.2. The van der Waals surface area contributed by atoms with Crippen molar-refractivity contribution in [3.05, 3.63) is 24.3 Å². The van der Waals surface area contributed by atoms with Gasteiger partial charge in [0, 0.05) is 5.69 Å². The summed E-state index contributed by atoms with van der Waals surface area (Å²) in [6, 6.07) is 2.27. The van der Waals surface area contributed by atoms with Crippen molar-refractivity contribution in [2.45, 2.75) is 18.3 Å². The van der Waals surface area contributed by atoms with Crippen LogP contribution in [0.25, 0.3) is 0 Å². The number of esters is 1. The monoisotopic (exact) mass is 302 g/mol. The van der Waals surface area contributed by atoms with Crippen LogP contribution in [-0.4, -0.2) is 44.8 Å². The van der Waals surface area contributed by atoms with Gasteiger partial charge in [-0.15, -0.1) is 0 Å². The molecular weight excluding hydrogens is 289 g/mol. The zero-order chi connectivity index (χ0) is 15.6. The third-order valence-corrected chi connectivity index (χ3v) is 3.10. The van der Waals surface area contributed by atoms with Crippen LogP contribution in [0.4, 0.5) is 18.9 Å². The van der Waals surface area contributed by atoms with E-state index in [1.54, 1.807) is 0 Å². The second kappa shape index (κ2) is 5.63. The van der Waals surface area contributed by atoms with E-state index in [0.717, 1.165) is 18.3 Å². The first-order valence-corrected chi connectivity index (χ1v) is 5.98. The number of halogens is 3. The van der Waals surface area contributed by atoms with Crippen LogP contribution in [0, 0.1) is 0 Å². The van der Waals surface area contributed by atoms with Gasteiger partial charge in [-0.2, -0.15) is 13.2 Å². The van der Waals surface area contributed by atoms with Gasteiger partial charge in [-0.05, 0) is 24.3 Å². The van der Waals surface area contributed by atoms with Crippen LogP contribution >= 0.6 is 0 Å². The molecule has 0 aliphatic carbocycles. The standard InChI is InChI=1S/C13H13F3N2O3/c1-20-9-5-3-8(4-6-9)18-7-17-10(12(19)21-2)11(18)13(14,15)16/h3-7,10-11H,1-2H3. The molecule has 0 saturated heterocycles. The van der Waals surface area contributed by atoms with Gasteiger partial charge in [0.1, 0.15) is 5.75 Å². The number of anilines is 1. The number of nitrogens with zero attached hydrogens (tertiary/aromatic N) is 2. The van der Waals surface area contributed by atoms with Gasteiger partial charge in [-0.3, -0.25) is 4.99 Å². The average Bonchev–Trinajstić information content (AvgIpc) is 2.91. The molecule has 0 saturated carbocycles. The lowest BCUT2D eigenvalue weighted by atomic mass is 10.1. The number of rotatable bonds is 3. The summed E-state index contributed by atoms with van der Waals surface area (Å²) in [6.07, 6.45) is -3.63. The highest BCUT2D eigenvalue weighted by molar-refractivity contribution is 5.90. The van der Waals surface area contributed by atoms with Crippen molar-refractivity contribution in [2.75, 3.05) is 19.1 Å². The summed E-state index contributed by atoms with van der Waals surface area (Å²) in [4.78, 5) is 16.0. The summed E-state index contributed by atoms with van der Waals surface area (Å²) in [7, 11) is 2.49. The molecule has 2 unspecified atom stereocenters. The van der Waals surface area contributed by atoms with Crippen LogP contribution < -0.4 is 9.64 Å². The maximum atomic E-state index is 13.2. The van der Waals surface area contributed by atoms with Crippen LogP contribution in [0.2, 0.25) is 0 Å². The number of ether oxygens (including phenoxy) is 2. The van der Waals surface area contributed by atoms with Gasteiger partial charge >= 0.3 is 12.1 Å². The van der Waals surface area contributed by atoms with Crippen molar-refractivity contribution in [2.24, 2.45) is 4.99 Å². The zero-order valence-electron chi connectivity index (χ0n) is 11.3. The Labute approximate surface area is 119 Å². The van der Waals surface area contributed by atoms with E-state index in [0.29, 0.717) is 5.75 Å². The number of hydrogen-bond donors (Lipinski definition) is 0. The molecule has 0 N–H and O–H groups in total. The highest BCUT2D eigenvalue weighted by Gasteiger charge is 2.54. The molecule has 114 valence electrons. The normalized spacial score (nSPS) is 21.5. The minimum Gasteiger partial charge on any atom is -0.497 e. The molecule has 1 aliphatic heterocycles. The summed E-state index contributed by atoms with van der Waals surface area (Å²) < 4.78 is 49.0. The highest BCUT2D eigenvalue weighted by atomic mass is 19.4. The molecule has 0 fully saturated rings. The molecule has 1 aliphatic rings. The highest BCUT2D eigenvalue weighted by Crippen LogP contribution is 2.35. The molecule has 2 atom stereocenters. The van der Waals surface area contributed by atoms with Crippen LogP contribution in [0.3, 0.4) is 0 Å². The predicted molar refractivity (Wildman–Crippen MR) is 69.6 cm³/mol. The first-order chi connectivity index (χ1) is 9.88. The van der Waals surface area contributed by atoms with Gasteiger partial charge in [0.15, 0.2) is 12.1 Å². The maximum Gasteiger partial charge on any atom is 0.411 e. The summed E-state index contributed by atoms with van der Waals surface area (Å²) in [5, 5.41) is 0. The Hall–Kier alpha value is -2.25. The number of alkyl halides is 3. The van der Waals surface area contributed by atoms with E-state index in [4.69, 9.17) is 4.74 Å². The lowest BCUT2D eigenvalue weighted by Crippen LogP contribution is -2.50. The number of aliphatic imine (C=N–C) groups is 1. The average molecular weight is 302 g/mol. The van der Waals surface area contributed by atoms with E-state index >= 15 is 0 Å². The van der Waals surface area contributed by atoms with Crippen molar-refractivity contribution in [1.29, 1.82) is 0 Å². The van der Waals surface area contributed by atoms with Crippen molar-refractivity contribution in [3.8, 4) is 5.75 Å². The fourth-order valence-corrected chi connectivity index (χ4v) is 2.08. The third-order valence-electron chi connectivity index (χ3n) is 3.10. The van der Waals surface area contributed by atoms with Gasteiger partial charge in [0.2, 0.25) is 0 Å². The first-order valence-electron chi connectivity index (χ1n) is 5.98. The van der Waals surface area contributed by atoms with Crippen molar-refractivity contribution in [1.82, 2.24) is 0 Å². The molecule has 5 nitrogen and oxygen atoms in total. The fourth-order valence-electron chi connectivity index (χ4n) is 2.08. The van der Waals surface area contributed by atoms with Gasteiger partial charge in [-0.25, -0.2) is 4.79 Å². The number of benzene rings is 1. The topological polar surface area (TPSA) is 51.1 Å². The fraction of sp³-hybridized carbons (Fsp3) is 0.385. The largest absolute Gasteiger partial charge is 0.497 e. The Morgan fingerprint density at radius 3 is 2.33 bits per heavy atom. The lowest BCUT2D eigenvalue weighted by Gasteiger charge is -2.28. The molecule has 0 bridgehead atoms. The molecule has 0 radical (unpaired) electrons. The summed E-state index contributed by atoms with van der Waals surface area (Å²) >= 11 is 0. The van der Waals surface area contributed by atoms with Gasteiger partial charge in [0.05, 0.1) is 20.6 Å². The number of carbonyl (C=O) groups excluding carboxylic acids is 1. The Morgan fingerprint density at radius 1 is 1.24 bits per heavy atom. The zero-order valence-corrected chi connectivity index (χ0v) is 11.3. The van der Waals surface area contributed by atoms with Crippen molar-refractivity contribution in [3.63, 3.8) is 0 Å². The van der Waals surface area contributed by atoms with E-state index in [9.17, 15) is 18.0 Å². The van der Waals surface area contributed by atoms with Crippen molar-refractivity contribution < 1.29 is 27.4 Å². The van der Waals surface area contributed by atoms with E-state index < -0.39 is 24.2 Å². The SMILES string of the molecule is COC(=O)C1N=CN(c2ccc(OC)cc2)C1C(F)(F)F. The molecular formula is C13H13F3N2O3. The Kier molecular flexibility index (Phi) is 4.06. The second-order valence-corrected chi connectivity index (χ2v) is 4.32. The van der Waals surface area contributed by atoms with Crippen molar-refractivity contribution >= 4 is 18.0 Å². The Morgan fingerprint density at radius 2 is 1.86 bits per heavy atom. The van der Waals surface area contributed by atoms with E-state index in [1.165, 1.54) is 31.4 Å². The minimum absolute atomic E-state index is 0.258. The van der Waals surface area contributed by atoms with Crippen LogP contribution in [0.5, 0.6) is 5.75 Å². The molecule has 0 amide bonds. The lowest BCUT2D eigenvalue weighted by molar-refractivity contribution is -0.164. The van der Waals surface area contributed by atoms with Gasteiger partial charge in [-0.1, -0.05) is 0 Å². The molecule has 2 rings (SSSR count). The van der Waals surface area contributed by atoms with Gasteiger partial charge < -0.3 is 14.4 Å². The second-order valence-electron chi connectivity index (χ2n) is 4.32. The molecule has 0 spiro atoms. The molecule has 1 aromatic carbocycles. The predicted octanol–water partition coefficient (Wildman–Crippen LogP) is 2.02. The van der Waals surface area contributed by atoms with Gasteiger partial charge in [0.25, 0.3) is 0 Å². The van der Waals surface area contributed by atoms with Crippen LogP contribution in [0.15, 0.2) is 29.3 Å². The molecule has 8 heteroatoms. The number of methoxy groups -OCH3 is 2. The minimum atomic E-state index is -4.63.